The van der Waals surface area contributed by atoms with Crippen molar-refractivity contribution in [1.29, 1.82) is 0 Å². The van der Waals surface area contributed by atoms with E-state index in [0.717, 1.165) is 49.2 Å². The molecule has 0 aromatic carbocycles. The largest absolute Gasteiger partial charge is 0.370 e. The molecule has 1 N–H and O–H groups in total. The second kappa shape index (κ2) is 6.60. The highest BCUT2D eigenvalue weighted by molar-refractivity contribution is 5.59. The van der Waals surface area contributed by atoms with Crippen molar-refractivity contribution in [2.75, 3.05) is 43.4 Å². The summed E-state index contributed by atoms with van der Waals surface area (Å²) in [5.74, 6) is 3.35. The molecule has 0 radical (unpaired) electrons. The topological polar surface area (TPSA) is 44.3 Å². The molecule has 1 aliphatic heterocycles. The number of hydrogen-bond donors (Lipinski definition) is 1. The zero-order valence-electron chi connectivity index (χ0n) is 14.3. The van der Waals surface area contributed by atoms with Crippen LogP contribution in [0.3, 0.4) is 0 Å². The van der Waals surface area contributed by atoms with Gasteiger partial charge in [-0.05, 0) is 27.8 Å². The van der Waals surface area contributed by atoms with E-state index in [1.54, 1.807) is 0 Å². The lowest BCUT2D eigenvalue weighted by atomic mass is 10.1. The van der Waals surface area contributed by atoms with E-state index in [0.29, 0.717) is 12.0 Å². The number of rotatable bonds is 4. The van der Waals surface area contributed by atoms with Crippen molar-refractivity contribution >= 4 is 11.6 Å². The van der Waals surface area contributed by atoms with E-state index >= 15 is 0 Å². The third-order valence-electron chi connectivity index (χ3n) is 4.10. The fourth-order valence-corrected chi connectivity index (χ4v) is 2.85. The van der Waals surface area contributed by atoms with Gasteiger partial charge < -0.3 is 15.1 Å². The maximum atomic E-state index is 4.87. The van der Waals surface area contributed by atoms with Gasteiger partial charge in [-0.2, -0.15) is 0 Å². The number of anilines is 2. The van der Waals surface area contributed by atoms with Crippen LogP contribution in [0.15, 0.2) is 0 Å². The van der Waals surface area contributed by atoms with Crippen LogP contribution in [0.4, 0.5) is 11.6 Å². The molecule has 5 heteroatoms. The summed E-state index contributed by atoms with van der Waals surface area (Å²) in [5.41, 5.74) is 1.16. The van der Waals surface area contributed by atoms with Gasteiger partial charge in [0, 0.05) is 43.7 Å². The van der Waals surface area contributed by atoms with Gasteiger partial charge in [-0.25, -0.2) is 9.97 Å². The van der Waals surface area contributed by atoms with Gasteiger partial charge in [0.15, 0.2) is 0 Å². The lowest BCUT2D eigenvalue weighted by molar-refractivity contribution is 0.274. The van der Waals surface area contributed by atoms with E-state index in [4.69, 9.17) is 9.97 Å². The number of likely N-dealkylation sites (N-methyl/N-ethyl adjacent to an activating group) is 1. The summed E-state index contributed by atoms with van der Waals surface area (Å²) in [6.45, 7) is 14.9. The lowest BCUT2D eigenvalue weighted by Crippen LogP contribution is -2.51. The van der Waals surface area contributed by atoms with Crippen molar-refractivity contribution in [3.63, 3.8) is 0 Å². The molecule has 2 heterocycles. The van der Waals surface area contributed by atoms with Crippen molar-refractivity contribution < 1.29 is 0 Å². The molecule has 0 saturated carbocycles. The van der Waals surface area contributed by atoms with Crippen LogP contribution in [0.2, 0.25) is 0 Å². The van der Waals surface area contributed by atoms with Crippen LogP contribution in [0, 0.1) is 6.92 Å². The molecular weight excluding hydrogens is 262 g/mol. The maximum Gasteiger partial charge on any atom is 0.137 e. The predicted molar refractivity (Wildman–Crippen MR) is 89.3 cm³/mol. The molecule has 0 bridgehead atoms. The fourth-order valence-electron chi connectivity index (χ4n) is 2.85. The third-order valence-corrected chi connectivity index (χ3v) is 4.10. The molecular formula is C16H29N5. The molecule has 1 atom stereocenters. The van der Waals surface area contributed by atoms with Crippen molar-refractivity contribution in [2.45, 2.75) is 46.6 Å². The van der Waals surface area contributed by atoms with Crippen molar-refractivity contribution in [3.8, 4) is 0 Å². The molecule has 0 spiro atoms. The SMILES string of the molecule is CCNc1nc(C(C)C)nc(N2CCN(C)CC2C)c1C. The Morgan fingerprint density at radius 1 is 1.29 bits per heavy atom. The van der Waals surface area contributed by atoms with Crippen LogP contribution in [-0.2, 0) is 0 Å². The first-order valence-corrected chi connectivity index (χ1v) is 8.01. The molecule has 1 aliphatic rings. The smallest absolute Gasteiger partial charge is 0.137 e. The Morgan fingerprint density at radius 3 is 2.57 bits per heavy atom. The summed E-state index contributed by atoms with van der Waals surface area (Å²) in [6, 6.07) is 0.479. The van der Waals surface area contributed by atoms with Crippen molar-refractivity contribution in [3.05, 3.63) is 11.4 Å². The maximum absolute atomic E-state index is 4.87. The molecule has 1 aromatic heterocycles. The van der Waals surface area contributed by atoms with Crippen molar-refractivity contribution in [2.24, 2.45) is 0 Å². The molecule has 118 valence electrons. The third kappa shape index (κ3) is 3.46. The molecule has 0 amide bonds. The summed E-state index contributed by atoms with van der Waals surface area (Å²) < 4.78 is 0. The van der Waals surface area contributed by atoms with E-state index in [-0.39, 0.29) is 0 Å². The highest BCUT2D eigenvalue weighted by atomic mass is 15.3. The van der Waals surface area contributed by atoms with Gasteiger partial charge in [0.25, 0.3) is 0 Å². The number of aromatic nitrogens is 2. The summed E-state index contributed by atoms with van der Waals surface area (Å²) in [6.07, 6.45) is 0. The van der Waals surface area contributed by atoms with E-state index in [1.165, 1.54) is 0 Å². The predicted octanol–water partition coefficient (Wildman–Crippen LogP) is 2.48. The first-order chi connectivity index (χ1) is 9.93. The van der Waals surface area contributed by atoms with Crippen LogP contribution < -0.4 is 10.2 Å². The highest BCUT2D eigenvalue weighted by Gasteiger charge is 2.26. The van der Waals surface area contributed by atoms with Gasteiger partial charge in [-0.15, -0.1) is 0 Å². The van der Waals surface area contributed by atoms with Crippen LogP contribution in [0.25, 0.3) is 0 Å². The second-order valence-corrected chi connectivity index (χ2v) is 6.37. The molecule has 5 nitrogen and oxygen atoms in total. The standard InChI is InChI=1S/C16H29N5/c1-7-17-15-13(5)16(19-14(18-15)11(2)3)21-9-8-20(6)10-12(21)4/h11-12H,7-10H2,1-6H3,(H,17,18,19). The summed E-state index contributed by atoms with van der Waals surface area (Å²) >= 11 is 0. The van der Waals surface area contributed by atoms with Gasteiger partial charge in [0.2, 0.25) is 0 Å². The number of nitrogens with zero attached hydrogens (tertiary/aromatic N) is 4. The van der Waals surface area contributed by atoms with Crippen molar-refractivity contribution in [1.82, 2.24) is 14.9 Å². The summed E-state index contributed by atoms with van der Waals surface area (Å²) in [4.78, 5) is 14.4. The van der Waals surface area contributed by atoms with E-state index in [2.05, 4.69) is 56.8 Å². The van der Waals surface area contributed by atoms with Gasteiger partial charge in [-0.1, -0.05) is 13.8 Å². The Hall–Kier alpha value is -1.36. The van der Waals surface area contributed by atoms with Crippen LogP contribution in [0.1, 0.15) is 45.0 Å². The Kier molecular flexibility index (Phi) is 5.04. The average Bonchev–Trinajstić information content (AvgIpc) is 2.41. The number of hydrogen-bond acceptors (Lipinski definition) is 5. The second-order valence-electron chi connectivity index (χ2n) is 6.37. The number of piperazine rings is 1. The zero-order valence-corrected chi connectivity index (χ0v) is 14.3. The minimum Gasteiger partial charge on any atom is -0.370 e. The van der Waals surface area contributed by atoms with Gasteiger partial charge in [0.1, 0.15) is 17.5 Å². The summed E-state index contributed by atoms with van der Waals surface area (Å²) in [7, 11) is 2.18. The quantitative estimate of drug-likeness (QED) is 0.923. The first kappa shape index (κ1) is 16.0. The molecule has 1 saturated heterocycles. The van der Waals surface area contributed by atoms with E-state index in [9.17, 15) is 0 Å². The average molecular weight is 291 g/mol. The van der Waals surface area contributed by atoms with Gasteiger partial charge in [-0.3, -0.25) is 0 Å². The Bertz CT molecular complexity index is 486. The lowest BCUT2D eigenvalue weighted by Gasteiger charge is -2.40. The Balaban J connectivity index is 2.41. The fraction of sp³-hybridized carbons (Fsp3) is 0.750. The Morgan fingerprint density at radius 2 is 2.00 bits per heavy atom. The van der Waals surface area contributed by atoms with Gasteiger partial charge >= 0.3 is 0 Å². The van der Waals surface area contributed by atoms with Crippen LogP contribution >= 0.6 is 0 Å². The normalized spacial score (nSPS) is 20.1. The minimum atomic E-state index is 0.338. The van der Waals surface area contributed by atoms with E-state index < -0.39 is 0 Å². The first-order valence-electron chi connectivity index (χ1n) is 8.01. The van der Waals surface area contributed by atoms with Gasteiger partial charge in [0.05, 0.1) is 0 Å². The molecule has 21 heavy (non-hydrogen) atoms. The molecule has 2 rings (SSSR count). The molecule has 0 aliphatic carbocycles. The monoisotopic (exact) mass is 291 g/mol. The van der Waals surface area contributed by atoms with E-state index in [1.807, 2.05) is 0 Å². The van der Waals surface area contributed by atoms with Crippen LogP contribution in [-0.4, -0.2) is 54.1 Å². The number of nitrogens with one attached hydrogen (secondary N) is 1. The minimum absolute atomic E-state index is 0.338. The molecule has 1 fully saturated rings. The van der Waals surface area contributed by atoms with Crippen LogP contribution in [0.5, 0.6) is 0 Å². The zero-order chi connectivity index (χ0) is 15.6. The molecule has 1 unspecified atom stereocenters. The Labute approximate surface area is 128 Å². The highest BCUT2D eigenvalue weighted by Crippen LogP contribution is 2.28. The summed E-state index contributed by atoms with van der Waals surface area (Å²) in [5, 5.41) is 3.39. The molecule has 1 aromatic rings.